The van der Waals surface area contributed by atoms with Gasteiger partial charge in [0.25, 0.3) is 16.6 Å². The quantitative estimate of drug-likeness (QED) is 0.0951. The molecule has 0 amide bonds. The van der Waals surface area contributed by atoms with E-state index in [1.807, 2.05) is 20.8 Å². The van der Waals surface area contributed by atoms with Crippen LogP contribution in [0.5, 0.6) is 0 Å². The molecule has 2 aliphatic rings. The Morgan fingerprint density at radius 3 is 1.30 bits per heavy atom. The largest absolute Gasteiger partial charge is 0.465 e. The molecule has 4 aromatic carbocycles. The molecule has 0 unspecified atom stereocenters. The van der Waals surface area contributed by atoms with Crippen molar-refractivity contribution in [1.29, 1.82) is 0 Å². The Kier molecular flexibility index (Phi) is 13.0. The summed E-state index contributed by atoms with van der Waals surface area (Å²) < 4.78 is 34.0. The lowest BCUT2D eigenvalue weighted by Gasteiger charge is -2.46. The van der Waals surface area contributed by atoms with Gasteiger partial charge in [0.05, 0.1) is 24.7 Å². The maximum Gasteiger partial charge on any atom is 0.311 e. The molecule has 56 heavy (non-hydrogen) atoms. The fraction of sp³-hybridized carbons (Fsp3) is 0.479. The molecule has 6 rings (SSSR count). The van der Waals surface area contributed by atoms with Crippen LogP contribution in [0.25, 0.3) is 0 Å². The van der Waals surface area contributed by atoms with E-state index >= 15 is 0 Å². The third-order valence-corrected chi connectivity index (χ3v) is 22.1. The predicted octanol–water partition coefficient (Wildman–Crippen LogP) is 8.11. The first kappa shape index (κ1) is 42.2. The lowest BCUT2D eigenvalue weighted by atomic mass is 9.74. The molecule has 0 radical (unpaired) electrons. The molecular formula is C48H64O6Si2. The lowest BCUT2D eigenvalue weighted by Crippen LogP contribution is -2.67. The van der Waals surface area contributed by atoms with E-state index in [-0.39, 0.29) is 46.5 Å². The summed E-state index contributed by atoms with van der Waals surface area (Å²) in [5.74, 6) is -0.116. The minimum atomic E-state index is -2.77. The van der Waals surface area contributed by atoms with E-state index in [9.17, 15) is 4.79 Å². The molecule has 300 valence electrons. The van der Waals surface area contributed by atoms with Crippen LogP contribution in [-0.4, -0.2) is 61.4 Å². The molecule has 0 saturated carbocycles. The van der Waals surface area contributed by atoms with E-state index in [1.54, 1.807) is 0 Å². The Morgan fingerprint density at radius 1 is 0.571 bits per heavy atom. The highest BCUT2D eigenvalue weighted by molar-refractivity contribution is 7.00. The second-order valence-electron chi connectivity index (χ2n) is 18.8. The first-order valence-electron chi connectivity index (χ1n) is 20.5. The summed E-state index contributed by atoms with van der Waals surface area (Å²) in [5, 5.41) is 4.79. The van der Waals surface area contributed by atoms with E-state index in [2.05, 4.69) is 163 Å². The maximum atomic E-state index is 13.2. The highest BCUT2D eigenvalue weighted by Gasteiger charge is 2.54. The molecule has 0 N–H and O–H groups in total. The second-order valence-corrected chi connectivity index (χ2v) is 27.4. The van der Waals surface area contributed by atoms with Crippen LogP contribution in [0.2, 0.25) is 10.1 Å². The van der Waals surface area contributed by atoms with Crippen molar-refractivity contribution < 1.29 is 27.9 Å². The first-order valence-corrected chi connectivity index (χ1v) is 24.4. The zero-order chi connectivity index (χ0) is 40.2. The average molecular weight is 793 g/mol. The maximum absolute atomic E-state index is 13.2. The minimum Gasteiger partial charge on any atom is -0.465 e. The van der Waals surface area contributed by atoms with Gasteiger partial charge >= 0.3 is 5.97 Å². The Hall–Kier alpha value is -3.38. The number of hydrogen-bond acceptors (Lipinski definition) is 6. The fourth-order valence-electron chi connectivity index (χ4n) is 9.32. The highest BCUT2D eigenvalue weighted by Crippen LogP contribution is 2.46. The zero-order valence-electron chi connectivity index (χ0n) is 35.1. The van der Waals surface area contributed by atoms with Crippen molar-refractivity contribution in [1.82, 2.24) is 0 Å². The molecule has 0 spiro atoms. The summed E-state index contributed by atoms with van der Waals surface area (Å²) in [4.78, 5) is 13.2. The first-order chi connectivity index (χ1) is 26.6. The Balaban J connectivity index is 1.33. The number of esters is 1. The Labute approximate surface area is 338 Å². The van der Waals surface area contributed by atoms with E-state index in [4.69, 9.17) is 23.1 Å². The second kappa shape index (κ2) is 17.2. The molecule has 8 heteroatoms. The molecular weight excluding hydrogens is 729 g/mol. The molecule has 2 saturated heterocycles. The van der Waals surface area contributed by atoms with Gasteiger partial charge in [-0.15, -0.1) is 0 Å². The summed E-state index contributed by atoms with van der Waals surface area (Å²) in [7, 11) is -5.52. The number of carbonyl (C=O) groups is 1. The molecule has 2 aliphatic heterocycles. The van der Waals surface area contributed by atoms with Gasteiger partial charge in [-0.05, 0) is 76.3 Å². The van der Waals surface area contributed by atoms with E-state index in [0.717, 1.165) is 12.8 Å². The summed E-state index contributed by atoms with van der Waals surface area (Å²) in [6.07, 6.45) is 1.07. The van der Waals surface area contributed by atoms with Gasteiger partial charge in [-0.3, -0.25) is 4.79 Å². The van der Waals surface area contributed by atoms with Crippen LogP contribution in [-0.2, 0) is 27.9 Å². The topological polar surface area (TPSA) is 63.2 Å². The molecule has 2 bridgehead atoms. The van der Waals surface area contributed by atoms with Crippen LogP contribution < -0.4 is 20.7 Å². The van der Waals surface area contributed by atoms with Gasteiger partial charge in [0.1, 0.15) is 0 Å². The third kappa shape index (κ3) is 8.57. The molecule has 5 atom stereocenters. The van der Waals surface area contributed by atoms with Crippen LogP contribution in [0.15, 0.2) is 121 Å². The lowest BCUT2D eigenvalue weighted by molar-refractivity contribution is -0.189. The van der Waals surface area contributed by atoms with Crippen LogP contribution in [0.4, 0.5) is 0 Å². The monoisotopic (exact) mass is 792 g/mol. The van der Waals surface area contributed by atoms with Gasteiger partial charge in [-0.2, -0.15) is 0 Å². The van der Waals surface area contributed by atoms with Crippen molar-refractivity contribution in [2.45, 2.75) is 97.6 Å². The summed E-state index contributed by atoms with van der Waals surface area (Å²) in [5.41, 5.74) is -0.612. The smallest absolute Gasteiger partial charge is 0.311 e. The van der Waals surface area contributed by atoms with Crippen molar-refractivity contribution in [2.75, 3.05) is 26.4 Å². The van der Waals surface area contributed by atoms with Gasteiger partial charge in [0.15, 0.2) is 6.29 Å². The normalized spacial score (nSPS) is 21.8. The minimum absolute atomic E-state index is 0.0739. The third-order valence-electron chi connectivity index (χ3n) is 12.1. The van der Waals surface area contributed by atoms with Crippen LogP contribution in [0, 0.1) is 23.2 Å². The van der Waals surface area contributed by atoms with Gasteiger partial charge in [-0.25, -0.2) is 0 Å². The zero-order valence-corrected chi connectivity index (χ0v) is 37.1. The average Bonchev–Trinajstić information content (AvgIpc) is 3.61. The highest BCUT2D eigenvalue weighted by atomic mass is 28.4. The number of hydrogen-bond donors (Lipinski definition) is 0. The molecule has 6 nitrogen and oxygen atoms in total. The summed E-state index contributed by atoms with van der Waals surface area (Å²) >= 11 is 0. The number of fused-ring (bicyclic) bond motifs is 2. The molecule has 0 aromatic heterocycles. The SMILES string of the molecule is CC(C)(C)C(=O)OC[C@H]1[C@@H]2OC[C@@H](O2)[C@@H](CCO[Si](c2ccccc2)(c2ccccc2)C(C)(C)C)[C@H]1CCO[Si](c1ccccc1)(c1ccccc1)C(C)(C)C. The van der Waals surface area contributed by atoms with E-state index in [1.165, 1.54) is 20.7 Å². The van der Waals surface area contributed by atoms with Crippen LogP contribution >= 0.6 is 0 Å². The summed E-state index contributed by atoms with van der Waals surface area (Å²) in [6, 6.07) is 43.3. The number of benzene rings is 4. The van der Waals surface area contributed by atoms with Crippen molar-refractivity contribution in [3.8, 4) is 0 Å². The van der Waals surface area contributed by atoms with Gasteiger partial charge in [-0.1, -0.05) is 163 Å². The predicted molar refractivity (Wildman–Crippen MR) is 232 cm³/mol. The molecule has 0 aliphatic carbocycles. The van der Waals surface area contributed by atoms with Crippen molar-refractivity contribution in [3.05, 3.63) is 121 Å². The van der Waals surface area contributed by atoms with Gasteiger partial charge in [0.2, 0.25) is 0 Å². The summed E-state index contributed by atoms with van der Waals surface area (Å²) in [6.45, 7) is 21.5. The van der Waals surface area contributed by atoms with Gasteiger partial charge < -0.3 is 23.1 Å². The van der Waals surface area contributed by atoms with E-state index in [0.29, 0.717) is 19.8 Å². The van der Waals surface area contributed by atoms with Crippen LogP contribution in [0.3, 0.4) is 0 Å². The van der Waals surface area contributed by atoms with Crippen molar-refractivity contribution in [3.63, 3.8) is 0 Å². The van der Waals surface area contributed by atoms with Crippen molar-refractivity contribution >= 4 is 43.4 Å². The molecule has 2 heterocycles. The standard InChI is InChI=1S/C48H64O6Si2/c1-46(2,3)45(49)51-34-42-40(30-32-52-55(47(4,5)6,36-22-14-10-15-23-36)37-24-16-11-17-25-37)41(43-35-50-44(42)54-43)31-33-53-56(48(7,8)9,38-26-18-12-19-27-38)39-28-20-13-21-29-39/h10-29,40-44H,30-35H2,1-9H3/t40-,41+,42-,43-,44-/m1/s1. The number of rotatable bonds is 14. The van der Waals surface area contributed by atoms with E-state index < -0.39 is 28.3 Å². The van der Waals surface area contributed by atoms with Crippen molar-refractivity contribution in [2.24, 2.45) is 23.2 Å². The Morgan fingerprint density at radius 2 is 0.946 bits per heavy atom. The Bertz CT molecular complexity index is 1750. The van der Waals surface area contributed by atoms with Gasteiger partial charge in [0, 0.05) is 19.1 Å². The molecule has 4 aromatic rings. The fourth-order valence-corrected chi connectivity index (χ4v) is 18.5. The number of ether oxygens (including phenoxy) is 3. The van der Waals surface area contributed by atoms with Crippen LogP contribution in [0.1, 0.15) is 75.2 Å². The molecule has 2 fully saturated rings. The number of carbonyl (C=O) groups excluding carboxylic acids is 1.